The Balaban J connectivity index is 3.21. The van der Waals surface area contributed by atoms with Crippen LogP contribution in [-0.2, 0) is 4.79 Å². The second-order valence-corrected chi connectivity index (χ2v) is 6.37. The monoisotopic (exact) mass is 252 g/mol. The molecule has 4 heteroatoms. The molecule has 0 spiro atoms. The van der Waals surface area contributed by atoms with Crippen molar-refractivity contribution in [2.45, 2.75) is 24.1 Å². The topological polar surface area (TPSA) is 17.1 Å². The van der Waals surface area contributed by atoms with Crippen molar-refractivity contribution in [3.63, 3.8) is 0 Å². The van der Waals surface area contributed by atoms with Gasteiger partial charge in [-0.1, -0.05) is 55.2 Å². The highest BCUT2D eigenvalue weighted by molar-refractivity contribution is 6.69. The second-order valence-electron chi connectivity index (χ2n) is 4.08. The number of carbonyl (C=O) groups excluding carboxylic acids is 1. The fourth-order valence-corrected chi connectivity index (χ4v) is 2.54. The average Bonchev–Trinajstić information content (AvgIpc) is 1.93. The van der Waals surface area contributed by atoms with E-state index in [2.05, 4.69) is 6.58 Å². The second kappa shape index (κ2) is 3.55. The molecule has 0 aromatic rings. The molecule has 0 atom stereocenters. The van der Waals surface area contributed by atoms with E-state index in [1.54, 1.807) is 0 Å². The zero-order valence-corrected chi connectivity index (χ0v) is 10.3. The Labute approximate surface area is 98.7 Å². The lowest BCUT2D eigenvalue weighted by molar-refractivity contribution is -0.112. The Morgan fingerprint density at radius 1 is 1.43 bits per heavy atom. The van der Waals surface area contributed by atoms with Crippen LogP contribution < -0.4 is 0 Å². The van der Waals surface area contributed by atoms with Crippen LogP contribution in [0.2, 0.25) is 0 Å². The lowest BCUT2D eigenvalue weighted by Crippen LogP contribution is -2.30. The first-order chi connectivity index (χ1) is 6.14. The van der Waals surface area contributed by atoms with Gasteiger partial charge in [0.15, 0.2) is 5.78 Å². The van der Waals surface area contributed by atoms with Crippen LogP contribution in [0.25, 0.3) is 0 Å². The third-order valence-electron chi connectivity index (χ3n) is 2.31. The summed E-state index contributed by atoms with van der Waals surface area (Å²) in [6, 6.07) is 0. The SMILES string of the molecule is C=C1CC(C)(C)C(C(Cl)(Cl)Cl)=CC1=O. The summed E-state index contributed by atoms with van der Waals surface area (Å²) in [7, 11) is 0. The summed E-state index contributed by atoms with van der Waals surface area (Å²) in [5.41, 5.74) is 0.774. The Kier molecular flexibility index (Phi) is 3.07. The van der Waals surface area contributed by atoms with Crippen molar-refractivity contribution >= 4 is 40.6 Å². The van der Waals surface area contributed by atoms with Crippen LogP contribution in [0.15, 0.2) is 23.8 Å². The van der Waals surface area contributed by atoms with Crippen molar-refractivity contribution in [3.05, 3.63) is 23.8 Å². The number of alkyl halides is 3. The van der Waals surface area contributed by atoms with E-state index in [-0.39, 0.29) is 11.2 Å². The molecule has 0 unspecified atom stereocenters. The van der Waals surface area contributed by atoms with Crippen molar-refractivity contribution in [2.24, 2.45) is 5.41 Å². The fraction of sp³-hybridized carbons (Fsp3) is 0.500. The van der Waals surface area contributed by atoms with E-state index in [1.807, 2.05) is 13.8 Å². The highest BCUT2D eigenvalue weighted by Gasteiger charge is 2.41. The number of hydrogen-bond acceptors (Lipinski definition) is 1. The molecule has 0 saturated heterocycles. The summed E-state index contributed by atoms with van der Waals surface area (Å²) >= 11 is 17.4. The van der Waals surface area contributed by atoms with Crippen LogP contribution in [0, 0.1) is 5.41 Å². The number of rotatable bonds is 0. The maximum atomic E-state index is 11.4. The van der Waals surface area contributed by atoms with Gasteiger partial charge in [-0.05, 0) is 29.1 Å². The zero-order valence-electron chi connectivity index (χ0n) is 8.03. The third kappa shape index (κ3) is 2.33. The maximum absolute atomic E-state index is 11.4. The van der Waals surface area contributed by atoms with Crippen LogP contribution in [0.5, 0.6) is 0 Å². The molecule has 0 radical (unpaired) electrons. The van der Waals surface area contributed by atoms with Crippen LogP contribution in [0.4, 0.5) is 0 Å². The summed E-state index contributed by atoms with van der Waals surface area (Å²) in [5.74, 6) is -0.148. The molecule has 1 aliphatic carbocycles. The molecule has 1 rings (SSSR count). The minimum Gasteiger partial charge on any atom is -0.290 e. The number of ketones is 1. The summed E-state index contributed by atoms with van der Waals surface area (Å²) < 4.78 is -1.51. The Hall–Kier alpha value is 0.0200. The molecular weight excluding hydrogens is 242 g/mol. The number of carbonyl (C=O) groups is 1. The number of hydrogen-bond donors (Lipinski definition) is 0. The predicted octanol–water partition coefficient (Wildman–Crippen LogP) is 3.84. The van der Waals surface area contributed by atoms with Crippen LogP contribution in [0.3, 0.4) is 0 Å². The summed E-state index contributed by atoms with van der Waals surface area (Å²) in [6.07, 6.45) is 1.92. The minimum absolute atomic E-state index is 0.148. The summed E-state index contributed by atoms with van der Waals surface area (Å²) in [4.78, 5) is 11.4. The molecule has 0 aromatic carbocycles. The van der Waals surface area contributed by atoms with Gasteiger partial charge in [0.05, 0.1) is 0 Å². The Morgan fingerprint density at radius 3 is 2.36 bits per heavy atom. The molecular formula is C10H11Cl3O. The van der Waals surface area contributed by atoms with Gasteiger partial charge < -0.3 is 0 Å². The van der Waals surface area contributed by atoms with E-state index < -0.39 is 3.79 Å². The van der Waals surface area contributed by atoms with Crippen LogP contribution in [0.1, 0.15) is 20.3 Å². The van der Waals surface area contributed by atoms with Gasteiger partial charge in [-0.2, -0.15) is 0 Å². The van der Waals surface area contributed by atoms with Gasteiger partial charge >= 0.3 is 0 Å². The lowest BCUT2D eigenvalue weighted by atomic mass is 9.74. The van der Waals surface area contributed by atoms with E-state index in [4.69, 9.17) is 34.8 Å². The molecule has 1 aliphatic rings. The zero-order chi connectivity index (χ0) is 11.1. The molecule has 0 aromatic heterocycles. The molecule has 0 N–H and O–H groups in total. The van der Waals surface area contributed by atoms with E-state index in [0.717, 1.165) is 0 Å². The molecule has 0 amide bonds. The lowest BCUT2D eigenvalue weighted by Gasteiger charge is -2.35. The number of allylic oxidation sites excluding steroid dienone is 3. The highest BCUT2D eigenvalue weighted by atomic mass is 35.6. The van der Waals surface area contributed by atoms with Gasteiger partial charge in [-0.15, -0.1) is 0 Å². The number of halogens is 3. The van der Waals surface area contributed by atoms with Crippen LogP contribution >= 0.6 is 34.8 Å². The molecule has 0 fully saturated rings. The van der Waals surface area contributed by atoms with Gasteiger partial charge in [-0.3, -0.25) is 4.79 Å². The quantitative estimate of drug-likeness (QED) is 0.473. The Bertz CT molecular complexity index is 321. The van der Waals surface area contributed by atoms with Crippen molar-refractivity contribution in [3.8, 4) is 0 Å². The predicted molar refractivity (Wildman–Crippen MR) is 60.9 cm³/mol. The van der Waals surface area contributed by atoms with Crippen molar-refractivity contribution in [1.29, 1.82) is 0 Å². The van der Waals surface area contributed by atoms with E-state index in [9.17, 15) is 4.79 Å². The summed E-state index contributed by atoms with van der Waals surface area (Å²) in [6.45, 7) is 7.54. The Morgan fingerprint density at radius 2 is 1.93 bits per heavy atom. The average molecular weight is 254 g/mol. The first-order valence-electron chi connectivity index (χ1n) is 4.16. The van der Waals surface area contributed by atoms with Crippen molar-refractivity contribution in [2.75, 3.05) is 0 Å². The van der Waals surface area contributed by atoms with Gasteiger partial charge in [0.1, 0.15) is 0 Å². The van der Waals surface area contributed by atoms with Gasteiger partial charge in [0, 0.05) is 0 Å². The van der Waals surface area contributed by atoms with Gasteiger partial charge in [0.2, 0.25) is 3.79 Å². The normalized spacial score (nSPS) is 22.2. The molecule has 78 valence electrons. The summed E-state index contributed by atoms with van der Waals surface area (Å²) in [5, 5.41) is 0. The molecule has 14 heavy (non-hydrogen) atoms. The van der Waals surface area contributed by atoms with E-state index >= 15 is 0 Å². The largest absolute Gasteiger partial charge is 0.290 e. The highest BCUT2D eigenvalue weighted by Crippen LogP contribution is 2.49. The smallest absolute Gasteiger partial charge is 0.213 e. The first kappa shape index (κ1) is 12.1. The van der Waals surface area contributed by atoms with Crippen molar-refractivity contribution < 1.29 is 4.79 Å². The molecule has 0 aliphatic heterocycles. The van der Waals surface area contributed by atoms with Gasteiger partial charge in [-0.25, -0.2) is 0 Å². The van der Waals surface area contributed by atoms with E-state index in [1.165, 1.54) is 6.08 Å². The fourth-order valence-electron chi connectivity index (χ4n) is 1.61. The van der Waals surface area contributed by atoms with Crippen LogP contribution in [-0.4, -0.2) is 9.58 Å². The van der Waals surface area contributed by atoms with E-state index in [0.29, 0.717) is 17.6 Å². The minimum atomic E-state index is -1.51. The standard InChI is InChI=1S/C10H11Cl3O/c1-6-5-9(2,3)8(4-7(6)14)10(11,12)13/h4H,1,5H2,2-3H3. The van der Waals surface area contributed by atoms with Gasteiger partial charge in [0.25, 0.3) is 0 Å². The molecule has 1 nitrogen and oxygen atoms in total. The third-order valence-corrected chi connectivity index (χ3v) is 2.92. The molecule has 0 bridgehead atoms. The molecule has 0 saturated carbocycles. The maximum Gasteiger partial charge on any atom is 0.213 e. The first-order valence-corrected chi connectivity index (χ1v) is 5.29. The molecule has 0 heterocycles. The van der Waals surface area contributed by atoms with Crippen molar-refractivity contribution in [1.82, 2.24) is 0 Å².